The first-order valence-corrected chi connectivity index (χ1v) is 10.4. The van der Waals surface area contributed by atoms with Crippen LogP contribution in [0.2, 0.25) is 0 Å². The van der Waals surface area contributed by atoms with Gasteiger partial charge in [-0.25, -0.2) is 4.79 Å². The molecule has 0 aliphatic carbocycles. The number of quaternary nitrogens is 1. The van der Waals surface area contributed by atoms with Crippen molar-refractivity contribution < 1.29 is 29.1 Å². The van der Waals surface area contributed by atoms with Gasteiger partial charge < -0.3 is 24.6 Å². The summed E-state index contributed by atoms with van der Waals surface area (Å²) >= 11 is 1.39. The molecule has 2 N–H and O–H groups in total. The summed E-state index contributed by atoms with van der Waals surface area (Å²) in [4.78, 5) is 44.0. The largest absolute Gasteiger partial charge is 0.872 e. The van der Waals surface area contributed by atoms with Gasteiger partial charge >= 0.3 is 5.97 Å². The zero-order valence-corrected chi connectivity index (χ0v) is 18.4. The molecule has 3 heterocycles. The summed E-state index contributed by atoms with van der Waals surface area (Å²) < 4.78 is 4.76. The van der Waals surface area contributed by atoms with Crippen LogP contribution in [0.3, 0.4) is 0 Å². The molecule has 1 saturated heterocycles. The fourth-order valence-electron chi connectivity index (χ4n) is 3.72. The lowest BCUT2D eigenvalue weighted by atomic mass is 9.97. The normalized spacial score (nSPS) is 18.5. The number of aromatic amines is 1. The molecule has 8 nitrogen and oxygen atoms in total. The van der Waals surface area contributed by atoms with Gasteiger partial charge in [0, 0.05) is 16.1 Å². The summed E-state index contributed by atoms with van der Waals surface area (Å²) in [6.07, 6.45) is 0. The van der Waals surface area contributed by atoms with E-state index < -0.39 is 29.5 Å². The van der Waals surface area contributed by atoms with Crippen LogP contribution in [0.4, 0.5) is 0 Å². The third-order valence-corrected chi connectivity index (χ3v) is 6.17. The molecule has 0 bridgehead atoms. The molecule has 1 fully saturated rings. The molecular formula is C21H25N3O5S. The fraction of sp³-hybridized carbons (Fsp3) is 0.381. The predicted octanol–water partition coefficient (Wildman–Crippen LogP) is -0.152. The molecule has 2 aromatic heterocycles. The zero-order chi connectivity index (χ0) is 22.2. The Morgan fingerprint density at radius 1 is 1.33 bits per heavy atom. The molecule has 0 spiro atoms. The van der Waals surface area contributed by atoms with E-state index in [1.807, 2.05) is 31.6 Å². The Kier molecular flexibility index (Phi) is 6.14. The van der Waals surface area contributed by atoms with Gasteiger partial charge in [-0.2, -0.15) is 0 Å². The Balaban J connectivity index is 2.18. The number of carbonyl (C=O) groups excluding carboxylic acids is 3. The summed E-state index contributed by atoms with van der Waals surface area (Å²) in [5.74, 6) is -2.59. The maximum atomic E-state index is 13.5. The van der Waals surface area contributed by atoms with Gasteiger partial charge in [0.15, 0.2) is 0 Å². The van der Waals surface area contributed by atoms with Crippen LogP contribution in [0.25, 0.3) is 5.76 Å². The summed E-state index contributed by atoms with van der Waals surface area (Å²) in [7, 11) is 5.17. The highest BCUT2D eigenvalue weighted by atomic mass is 32.1. The maximum Gasteiger partial charge on any atom is 0.354 e. The third-order valence-electron chi connectivity index (χ3n) is 5.25. The van der Waals surface area contributed by atoms with Crippen molar-refractivity contribution >= 4 is 34.8 Å². The number of H-pyrrole nitrogens is 1. The minimum Gasteiger partial charge on any atom is -0.872 e. The smallest absolute Gasteiger partial charge is 0.354 e. The lowest BCUT2D eigenvalue weighted by Crippen LogP contribution is -3.06. The van der Waals surface area contributed by atoms with Gasteiger partial charge in [-0.3, -0.25) is 9.59 Å². The average molecular weight is 432 g/mol. The molecule has 30 heavy (non-hydrogen) atoms. The summed E-state index contributed by atoms with van der Waals surface area (Å²) in [5.41, 5.74) is 1.17. The number of Topliss-reactive ketones (excluding diaryl/α,β-unsaturated/α-hetero) is 1. The van der Waals surface area contributed by atoms with Gasteiger partial charge in [0.2, 0.25) is 5.78 Å². The number of likely N-dealkylation sites (N-methyl/N-ethyl adjacent to an activating group) is 1. The van der Waals surface area contributed by atoms with Crippen LogP contribution in [0, 0.1) is 13.8 Å². The van der Waals surface area contributed by atoms with E-state index in [9.17, 15) is 19.5 Å². The van der Waals surface area contributed by atoms with Gasteiger partial charge in [0.25, 0.3) is 5.91 Å². The second-order valence-electron chi connectivity index (χ2n) is 7.56. The van der Waals surface area contributed by atoms with E-state index in [-0.39, 0.29) is 16.8 Å². The van der Waals surface area contributed by atoms with Crippen LogP contribution < -0.4 is 10.0 Å². The average Bonchev–Trinajstić information content (AvgIpc) is 3.38. The molecule has 0 saturated carbocycles. The summed E-state index contributed by atoms with van der Waals surface area (Å²) in [5, 5.41) is 15.4. The second kappa shape index (κ2) is 8.45. The van der Waals surface area contributed by atoms with Crippen molar-refractivity contribution in [3.05, 3.63) is 50.5 Å². The topological polar surface area (TPSA) is 107 Å². The molecule has 1 amide bonds. The number of likely N-dealkylation sites (tertiary alicyclic amines) is 1. The van der Waals surface area contributed by atoms with Crippen molar-refractivity contribution in [1.29, 1.82) is 0 Å². The van der Waals surface area contributed by atoms with Crippen LogP contribution in [-0.2, 0) is 14.3 Å². The van der Waals surface area contributed by atoms with Crippen molar-refractivity contribution in [1.82, 2.24) is 9.88 Å². The number of aromatic nitrogens is 1. The van der Waals surface area contributed by atoms with E-state index in [0.29, 0.717) is 24.3 Å². The molecule has 0 radical (unpaired) electrons. The molecule has 9 heteroatoms. The maximum absolute atomic E-state index is 13.5. The number of amides is 1. The fourth-order valence-corrected chi connectivity index (χ4v) is 4.56. The van der Waals surface area contributed by atoms with E-state index in [1.165, 1.54) is 23.3 Å². The number of methoxy groups -OCH3 is 1. The molecule has 1 aliphatic heterocycles. The molecule has 1 unspecified atom stereocenters. The van der Waals surface area contributed by atoms with Crippen molar-refractivity contribution in [3.63, 3.8) is 0 Å². The number of ether oxygens (including phenoxy) is 1. The second-order valence-corrected chi connectivity index (χ2v) is 8.54. The highest BCUT2D eigenvalue weighted by Crippen LogP contribution is 2.41. The van der Waals surface area contributed by atoms with Gasteiger partial charge in [0.1, 0.15) is 5.69 Å². The van der Waals surface area contributed by atoms with Gasteiger partial charge in [0.05, 0.1) is 40.3 Å². The Hall–Kier alpha value is -2.91. The first kappa shape index (κ1) is 21.8. The third kappa shape index (κ3) is 3.66. The molecule has 1 atom stereocenters. The molecule has 0 aromatic carbocycles. The molecule has 160 valence electrons. The molecule has 1 aliphatic rings. The molecular weight excluding hydrogens is 406 g/mol. The first-order valence-electron chi connectivity index (χ1n) is 9.55. The van der Waals surface area contributed by atoms with E-state index in [0.717, 1.165) is 9.78 Å². The lowest BCUT2D eigenvalue weighted by Gasteiger charge is -2.26. The zero-order valence-electron chi connectivity index (χ0n) is 17.6. The summed E-state index contributed by atoms with van der Waals surface area (Å²) in [6, 6.07) is 2.92. The van der Waals surface area contributed by atoms with Gasteiger partial charge in [-0.05, 0) is 36.4 Å². The number of ketones is 1. The standard InChI is InChI=1S/C21H25N3O5S/c1-11-14(12(2)22-16(11)21(28)29-5)18(25)15-17(13-7-6-10-30-13)24(9-8-23(3)4)20(27)19(15)26/h6-7,10,17,22,25H,8-9H2,1-5H3. The Labute approximate surface area is 178 Å². The van der Waals surface area contributed by atoms with Crippen LogP contribution >= 0.6 is 11.3 Å². The number of rotatable bonds is 6. The number of hydrogen-bond donors (Lipinski definition) is 2. The summed E-state index contributed by atoms with van der Waals surface area (Å²) in [6.45, 7) is 4.27. The van der Waals surface area contributed by atoms with Crippen molar-refractivity contribution in [2.24, 2.45) is 0 Å². The monoisotopic (exact) mass is 431 g/mol. The molecule has 2 aromatic rings. The highest BCUT2D eigenvalue weighted by molar-refractivity contribution is 7.10. The first-order chi connectivity index (χ1) is 14.2. The number of carbonyl (C=O) groups is 3. The number of nitrogens with one attached hydrogen (secondary N) is 2. The number of aryl methyl sites for hydroxylation is 1. The molecule has 3 rings (SSSR count). The minimum atomic E-state index is -0.785. The van der Waals surface area contributed by atoms with Crippen LogP contribution in [0.1, 0.15) is 38.2 Å². The highest BCUT2D eigenvalue weighted by Gasteiger charge is 2.45. The van der Waals surface area contributed by atoms with Crippen LogP contribution in [-0.4, -0.2) is 61.8 Å². The Morgan fingerprint density at radius 3 is 2.60 bits per heavy atom. The van der Waals surface area contributed by atoms with Crippen molar-refractivity contribution in [2.75, 3.05) is 34.3 Å². The van der Waals surface area contributed by atoms with E-state index >= 15 is 0 Å². The van der Waals surface area contributed by atoms with Crippen molar-refractivity contribution in [3.8, 4) is 0 Å². The lowest BCUT2D eigenvalue weighted by molar-refractivity contribution is -0.857. The van der Waals surface area contributed by atoms with E-state index in [4.69, 9.17) is 4.74 Å². The Morgan fingerprint density at radius 2 is 2.03 bits per heavy atom. The SMILES string of the molecule is COC(=O)c1[nH]c(C)c(C([O-])=C2C(=O)C(=O)N(CC[NH+](C)C)C2c2cccs2)c1C. The van der Waals surface area contributed by atoms with Crippen molar-refractivity contribution in [2.45, 2.75) is 19.9 Å². The van der Waals surface area contributed by atoms with E-state index in [2.05, 4.69) is 4.98 Å². The van der Waals surface area contributed by atoms with E-state index in [1.54, 1.807) is 13.8 Å². The van der Waals surface area contributed by atoms with Crippen LogP contribution in [0.15, 0.2) is 23.1 Å². The predicted molar refractivity (Wildman–Crippen MR) is 110 cm³/mol. The quantitative estimate of drug-likeness (QED) is 0.286. The Bertz CT molecular complexity index is 1020. The number of hydrogen-bond acceptors (Lipinski definition) is 6. The number of esters is 1. The number of nitrogens with zero attached hydrogens (tertiary/aromatic N) is 1. The van der Waals surface area contributed by atoms with Gasteiger partial charge in [-0.15, -0.1) is 11.3 Å². The minimum absolute atomic E-state index is 0.0715. The van der Waals surface area contributed by atoms with Crippen LogP contribution in [0.5, 0.6) is 0 Å². The number of thiophene rings is 1. The van der Waals surface area contributed by atoms with Gasteiger partial charge in [-0.1, -0.05) is 11.8 Å².